The molecule has 0 aliphatic rings. The van der Waals surface area contributed by atoms with Gasteiger partial charge in [-0.2, -0.15) is 0 Å². The Morgan fingerprint density at radius 2 is 1.90 bits per heavy atom. The van der Waals surface area contributed by atoms with Crippen LogP contribution in [0.2, 0.25) is 0 Å². The van der Waals surface area contributed by atoms with Crippen molar-refractivity contribution in [2.75, 3.05) is 5.32 Å². The van der Waals surface area contributed by atoms with Gasteiger partial charge in [0.25, 0.3) is 0 Å². The molecule has 3 aromatic rings. The summed E-state index contributed by atoms with van der Waals surface area (Å²) in [4.78, 5) is 14.9. The molecule has 1 aromatic heterocycles. The van der Waals surface area contributed by atoms with Gasteiger partial charge in [0.2, 0.25) is 0 Å². The number of hydrogen-bond acceptors (Lipinski definition) is 4. The zero-order valence-electron chi connectivity index (χ0n) is 11.2. The first kappa shape index (κ1) is 13.6. The molecule has 3 rings (SSSR count). The average molecular weight is 298 g/mol. The molecule has 0 fully saturated rings. The monoisotopic (exact) mass is 298 g/mol. The van der Waals surface area contributed by atoms with Crippen LogP contribution >= 0.6 is 11.3 Å². The van der Waals surface area contributed by atoms with Crippen LogP contribution in [0.5, 0.6) is 0 Å². The molecule has 0 spiro atoms. The van der Waals surface area contributed by atoms with Gasteiger partial charge < -0.3 is 10.4 Å². The van der Waals surface area contributed by atoms with E-state index >= 15 is 0 Å². The number of hydrogen-bond donors (Lipinski definition) is 2. The predicted molar refractivity (Wildman–Crippen MR) is 84.7 cm³/mol. The Balaban J connectivity index is 1.65. The van der Waals surface area contributed by atoms with E-state index in [1.807, 2.05) is 41.9 Å². The van der Waals surface area contributed by atoms with Gasteiger partial charge in [-0.05, 0) is 29.3 Å². The third-order valence-corrected chi connectivity index (χ3v) is 4.00. The maximum absolute atomic E-state index is 10.6. The van der Waals surface area contributed by atoms with E-state index in [2.05, 4.69) is 16.4 Å². The maximum atomic E-state index is 10.6. The summed E-state index contributed by atoms with van der Waals surface area (Å²) in [7, 11) is 0. The Hall–Kier alpha value is -2.40. The van der Waals surface area contributed by atoms with Crippen molar-refractivity contribution in [1.82, 2.24) is 4.98 Å². The van der Waals surface area contributed by atoms with Gasteiger partial charge in [0, 0.05) is 12.2 Å². The van der Waals surface area contributed by atoms with Crippen LogP contribution in [0.3, 0.4) is 0 Å². The van der Waals surface area contributed by atoms with E-state index in [-0.39, 0.29) is 6.42 Å². The molecule has 0 radical (unpaired) electrons. The first-order chi connectivity index (χ1) is 10.2. The van der Waals surface area contributed by atoms with Crippen molar-refractivity contribution in [3.8, 4) is 0 Å². The molecule has 21 heavy (non-hydrogen) atoms. The molecule has 0 bridgehead atoms. The molecule has 0 aliphatic carbocycles. The number of anilines is 1. The van der Waals surface area contributed by atoms with Crippen LogP contribution in [0.4, 0.5) is 5.69 Å². The molecule has 0 unspecified atom stereocenters. The van der Waals surface area contributed by atoms with E-state index < -0.39 is 5.97 Å². The number of carbonyl (C=O) groups is 1. The molecule has 0 amide bonds. The second kappa shape index (κ2) is 5.93. The normalized spacial score (nSPS) is 10.7. The highest BCUT2D eigenvalue weighted by Crippen LogP contribution is 2.22. The van der Waals surface area contributed by atoms with Crippen LogP contribution in [0, 0.1) is 0 Å². The Morgan fingerprint density at radius 1 is 1.14 bits per heavy atom. The number of nitrogens with zero attached hydrogens (tertiary/aromatic N) is 1. The summed E-state index contributed by atoms with van der Waals surface area (Å²) >= 11 is 1.62. The number of carboxylic acid groups (broad SMARTS) is 1. The fraction of sp³-hybridized carbons (Fsp3) is 0.125. The molecule has 0 aliphatic heterocycles. The Kier molecular flexibility index (Phi) is 3.83. The molecule has 5 heteroatoms. The van der Waals surface area contributed by atoms with Gasteiger partial charge in [0.1, 0.15) is 0 Å². The SMILES string of the molecule is O=C(O)Cc1ccc(CNc2ccc3ncsc3c2)cc1. The summed E-state index contributed by atoms with van der Waals surface area (Å²) in [6.07, 6.45) is 0.0652. The molecule has 106 valence electrons. The van der Waals surface area contributed by atoms with E-state index in [0.717, 1.165) is 27.0 Å². The van der Waals surface area contributed by atoms with Crippen LogP contribution in [0.1, 0.15) is 11.1 Å². The van der Waals surface area contributed by atoms with E-state index in [4.69, 9.17) is 5.11 Å². The van der Waals surface area contributed by atoms with E-state index in [0.29, 0.717) is 6.54 Å². The zero-order valence-corrected chi connectivity index (χ0v) is 12.1. The van der Waals surface area contributed by atoms with Crippen LogP contribution in [-0.4, -0.2) is 16.1 Å². The highest BCUT2D eigenvalue weighted by atomic mass is 32.1. The quantitative estimate of drug-likeness (QED) is 0.756. The van der Waals surface area contributed by atoms with Crippen molar-refractivity contribution in [2.24, 2.45) is 0 Å². The fourth-order valence-electron chi connectivity index (χ4n) is 2.12. The Labute approximate surface area is 126 Å². The molecule has 2 aromatic carbocycles. The van der Waals surface area contributed by atoms with E-state index in [9.17, 15) is 4.79 Å². The largest absolute Gasteiger partial charge is 0.481 e. The number of rotatable bonds is 5. The number of aromatic nitrogens is 1. The number of carboxylic acids is 1. The zero-order chi connectivity index (χ0) is 14.7. The van der Waals surface area contributed by atoms with Crippen molar-refractivity contribution in [1.29, 1.82) is 0 Å². The summed E-state index contributed by atoms with van der Waals surface area (Å²) in [6, 6.07) is 13.7. The highest BCUT2D eigenvalue weighted by molar-refractivity contribution is 7.16. The Morgan fingerprint density at radius 3 is 2.67 bits per heavy atom. The van der Waals surface area contributed by atoms with Crippen molar-refractivity contribution in [3.63, 3.8) is 0 Å². The second-order valence-corrected chi connectivity index (χ2v) is 5.66. The third-order valence-electron chi connectivity index (χ3n) is 3.21. The minimum atomic E-state index is -0.807. The molecule has 0 saturated carbocycles. The van der Waals surface area contributed by atoms with Gasteiger partial charge in [-0.1, -0.05) is 24.3 Å². The van der Waals surface area contributed by atoms with Gasteiger partial charge >= 0.3 is 5.97 Å². The lowest BCUT2D eigenvalue weighted by Crippen LogP contribution is -2.02. The fourth-order valence-corrected chi connectivity index (χ4v) is 2.84. The highest BCUT2D eigenvalue weighted by Gasteiger charge is 2.01. The first-order valence-corrected chi connectivity index (χ1v) is 7.45. The maximum Gasteiger partial charge on any atom is 0.307 e. The van der Waals surface area contributed by atoms with Crippen molar-refractivity contribution in [2.45, 2.75) is 13.0 Å². The van der Waals surface area contributed by atoms with Crippen LogP contribution in [-0.2, 0) is 17.8 Å². The smallest absolute Gasteiger partial charge is 0.307 e. The molecule has 2 N–H and O–H groups in total. The molecule has 0 atom stereocenters. The Bertz CT molecular complexity index is 765. The van der Waals surface area contributed by atoms with Gasteiger partial charge in [-0.15, -0.1) is 11.3 Å². The van der Waals surface area contributed by atoms with Crippen LogP contribution in [0.25, 0.3) is 10.2 Å². The second-order valence-electron chi connectivity index (χ2n) is 4.78. The number of thiazole rings is 1. The van der Waals surface area contributed by atoms with Crippen molar-refractivity contribution >= 4 is 33.2 Å². The lowest BCUT2D eigenvalue weighted by Gasteiger charge is -2.07. The number of benzene rings is 2. The van der Waals surface area contributed by atoms with Crippen LogP contribution < -0.4 is 5.32 Å². The number of fused-ring (bicyclic) bond motifs is 1. The molecular formula is C16H14N2O2S. The number of nitrogens with one attached hydrogen (secondary N) is 1. The van der Waals surface area contributed by atoms with Crippen molar-refractivity contribution < 1.29 is 9.90 Å². The topological polar surface area (TPSA) is 62.2 Å². The third kappa shape index (κ3) is 3.38. The van der Waals surface area contributed by atoms with E-state index in [1.54, 1.807) is 11.3 Å². The minimum absolute atomic E-state index is 0.0652. The van der Waals surface area contributed by atoms with E-state index in [1.165, 1.54) is 0 Å². The lowest BCUT2D eigenvalue weighted by atomic mass is 10.1. The summed E-state index contributed by atoms with van der Waals surface area (Å²) < 4.78 is 1.16. The summed E-state index contributed by atoms with van der Waals surface area (Å²) in [6.45, 7) is 0.706. The van der Waals surface area contributed by atoms with Crippen molar-refractivity contribution in [3.05, 3.63) is 59.1 Å². The molecule has 4 nitrogen and oxygen atoms in total. The average Bonchev–Trinajstić information content (AvgIpc) is 2.93. The van der Waals surface area contributed by atoms with Gasteiger partial charge in [-0.3, -0.25) is 4.79 Å². The first-order valence-electron chi connectivity index (χ1n) is 6.57. The minimum Gasteiger partial charge on any atom is -0.481 e. The molecule has 1 heterocycles. The number of aliphatic carboxylic acids is 1. The lowest BCUT2D eigenvalue weighted by molar-refractivity contribution is -0.136. The van der Waals surface area contributed by atoms with Gasteiger partial charge in [-0.25, -0.2) is 4.98 Å². The summed E-state index contributed by atoms with van der Waals surface area (Å²) in [5.74, 6) is -0.807. The molecular weight excluding hydrogens is 284 g/mol. The predicted octanol–water partition coefficient (Wildman–Crippen LogP) is 3.54. The summed E-state index contributed by atoms with van der Waals surface area (Å²) in [5, 5.41) is 12.1. The van der Waals surface area contributed by atoms with Gasteiger partial charge in [0.05, 0.1) is 22.1 Å². The standard InChI is InChI=1S/C16H14N2O2S/c19-16(20)7-11-1-3-12(4-2-11)9-17-13-5-6-14-15(8-13)21-10-18-14/h1-6,8,10,17H,7,9H2,(H,19,20). The van der Waals surface area contributed by atoms with Gasteiger partial charge in [0.15, 0.2) is 0 Å². The molecule has 0 saturated heterocycles. The van der Waals surface area contributed by atoms with Crippen LogP contribution in [0.15, 0.2) is 48.0 Å². The summed E-state index contributed by atoms with van der Waals surface area (Å²) in [5.41, 5.74) is 5.85.